The minimum atomic E-state index is -0.222. The van der Waals surface area contributed by atoms with Gasteiger partial charge in [0, 0.05) is 22.9 Å². The highest BCUT2D eigenvalue weighted by molar-refractivity contribution is 9.10. The van der Waals surface area contributed by atoms with E-state index in [2.05, 4.69) is 32.9 Å². The van der Waals surface area contributed by atoms with Crippen LogP contribution in [0.5, 0.6) is 11.5 Å². The molecular formula is C33H30BrN5O3S. The number of nitrogens with zero attached hydrogens (tertiary/aromatic N) is 5. The van der Waals surface area contributed by atoms with Gasteiger partial charge in [0.05, 0.1) is 28.4 Å². The predicted octanol–water partition coefficient (Wildman–Crippen LogP) is 6.95. The highest BCUT2D eigenvalue weighted by Gasteiger charge is 2.16. The van der Waals surface area contributed by atoms with Gasteiger partial charge in [0.25, 0.3) is 5.56 Å². The molecule has 0 amide bonds. The summed E-state index contributed by atoms with van der Waals surface area (Å²) >= 11 is 4.89. The molecule has 3 aromatic heterocycles. The van der Waals surface area contributed by atoms with Gasteiger partial charge in [-0.3, -0.25) is 4.79 Å². The zero-order valence-corrected chi connectivity index (χ0v) is 26.3. The molecule has 0 N–H and O–H groups in total. The monoisotopic (exact) mass is 655 g/mol. The summed E-state index contributed by atoms with van der Waals surface area (Å²) in [4.78, 5) is 18.7. The first kappa shape index (κ1) is 28.8. The van der Waals surface area contributed by atoms with Gasteiger partial charge in [-0.25, -0.2) is 4.68 Å². The lowest BCUT2D eigenvalue weighted by atomic mass is 10.1. The van der Waals surface area contributed by atoms with Crippen molar-refractivity contribution in [2.24, 2.45) is 0 Å². The van der Waals surface area contributed by atoms with E-state index in [-0.39, 0.29) is 5.56 Å². The Balaban J connectivity index is 1.32. The summed E-state index contributed by atoms with van der Waals surface area (Å²) in [6.07, 6.45) is 8.44. The third kappa shape index (κ3) is 6.25. The fourth-order valence-electron chi connectivity index (χ4n) is 4.76. The van der Waals surface area contributed by atoms with Crippen molar-refractivity contribution < 1.29 is 9.47 Å². The first-order valence-corrected chi connectivity index (χ1v) is 15.8. The molecule has 0 bridgehead atoms. The van der Waals surface area contributed by atoms with Crippen LogP contribution >= 0.6 is 27.3 Å². The second-order valence-corrected chi connectivity index (χ2v) is 11.9. The van der Waals surface area contributed by atoms with Crippen molar-refractivity contribution >= 4 is 38.3 Å². The van der Waals surface area contributed by atoms with Crippen molar-refractivity contribution in [1.29, 1.82) is 0 Å². The molecule has 0 saturated heterocycles. The molecular weight excluding hydrogens is 626 g/mol. The summed E-state index contributed by atoms with van der Waals surface area (Å²) in [7, 11) is 1.63. The number of methoxy groups -OCH3 is 1. The molecule has 3 aromatic carbocycles. The summed E-state index contributed by atoms with van der Waals surface area (Å²) in [5.41, 5.74) is 3.94. The topological polar surface area (TPSA) is 83.5 Å². The van der Waals surface area contributed by atoms with Crippen LogP contribution < -0.4 is 19.6 Å². The molecule has 3 heterocycles. The van der Waals surface area contributed by atoms with Gasteiger partial charge in [0.1, 0.15) is 17.2 Å². The zero-order valence-electron chi connectivity index (χ0n) is 23.9. The fourth-order valence-corrected chi connectivity index (χ4v) is 6.20. The molecule has 6 aromatic rings. The summed E-state index contributed by atoms with van der Waals surface area (Å²) in [6, 6.07) is 23.4. The maximum atomic E-state index is 13.5. The Labute approximate surface area is 261 Å². The Bertz CT molecular complexity index is 1970. The Morgan fingerprint density at radius 3 is 2.47 bits per heavy atom. The van der Waals surface area contributed by atoms with Gasteiger partial charge in [-0.1, -0.05) is 55.7 Å². The Morgan fingerprint density at radius 1 is 0.953 bits per heavy atom. The van der Waals surface area contributed by atoms with Crippen LogP contribution in [0.15, 0.2) is 88.3 Å². The molecule has 10 heteroatoms. The summed E-state index contributed by atoms with van der Waals surface area (Å²) in [5.74, 6) is 2.05. The number of para-hydroxylation sites is 1. The van der Waals surface area contributed by atoms with Gasteiger partial charge in [-0.05, 0) is 83.0 Å². The fraction of sp³-hybridized carbons (Fsp3) is 0.212. The minimum absolute atomic E-state index is 0.222. The average Bonchev–Trinajstić information content (AvgIpc) is 3.73. The smallest absolute Gasteiger partial charge is 0.291 e. The highest BCUT2D eigenvalue weighted by Crippen LogP contribution is 2.32. The van der Waals surface area contributed by atoms with Crippen molar-refractivity contribution in [3.8, 4) is 39.8 Å². The van der Waals surface area contributed by atoms with E-state index in [0.717, 1.165) is 50.5 Å². The maximum Gasteiger partial charge on any atom is 0.291 e. The number of thiazole rings is 1. The first-order valence-electron chi connectivity index (χ1n) is 14.2. The van der Waals surface area contributed by atoms with Crippen LogP contribution in [0.2, 0.25) is 0 Å². The van der Waals surface area contributed by atoms with Gasteiger partial charge in [0.2, 0.25) is 4.96 Å². The number of halogens is 1. The van der Waals surface area contributed by atoms with Gasteiger partial charge in [-0.15, -0.1) is 5.10 Å². The van der Waals surface area contributed by atoms with Crippen LogP contribution in [0.4, 0.5) is 0 Å². The number of aromatic nitrogens is 5. The Morgan fingerprint density at radius 2 is 1.74 bits per heavy atom. The number of rotatable bonds is 11. The lowest BCUT2D eigenvalue weighted by molar-refractivity contribution is 0.305. The van der Waals surface area contributed by atoms with E-state index < -0.39 is 0 Å². The quantitative estimate of drug-likeness (QED) is 0.141. The van der Waals surface area contributed by atoms with Gasteiger partial charge >= 0.3 is 0 Å². The van der Waals surface area contributed by atoms with Gasteiger partial charge < -0.3 is 9.47 Å². The van der Waals surface area contributed by atoms with E-state index in [0.29, 0.717) is 21.9 Å². The molecule has 0 fully saturated rings. The van der Waals surface area contributed by atoms with E-state index in [4.69, 9.17) is 14.6 Å². The van der Waals surface area contributed by atoms with Crippen molar-refractivity contribution in [3.63, 3.8) is 0 Å². The second kappa shape index (κ2) is 12.9. The molecule has 0 aliphatic carbocycles. The molecule has 0 aliphatic rings. The van der Waals surface area contributed by atoms with Gasteiger partial charge in [-0.2, -0.15) is 14.6 Å². The molecule has 0 atom stereocenters. The van der Waals surface area contributed by atoms with E-state index in [1.807, 2.05) is 89.8 Å². The average molecular weight is 657 g/mol. The van der Waals surface area contributed by atoms with Crippen LogP contribution in [-0.4, -0.2) is 38.1 Å². The summed E-state index contributed by atoms with van der Waals surface area (Å²) in [5, 5.41) is 9.42. The van der Waals surface area contributed by atoms with Crippen LogP contribution in [-0.2, 0) is 0 Å². The third-order valence-corrected chi connectivity index (χ3v) is 8.61. The number of hydrogen-bond acceptors (Lipinski definition) is 7. The lowest BCUT2D eigenvalue weighted by Gasteiger charge is -2.06. The van der Waals surface area contributed by atoms with E-state index in [1.165, 1.54) is 35.1 Å². The Kier molecular flexibility index (Phi) is 8.67. The largest absolute Gasteiger partial charge is 0.496 e. The molecule has 0 spiro atoms. The molecule has 0 aliphatic heterocycles. The number of hydrogen-bond donors (Lipinski definition) is 0. The number of fused-ring (bicyclic) bond motifs is 1. The summed E-state index contributed by atoms with van der Waals surface area (Å²) < 4.78 is 15.8. The molecule has 0 radical (unpaired) electrons. The van der Waals surface area contributed by atoms with E-state index in [9.17, 15) is 4.79 Å². The Hall–Kier alpha value is -4.28. The molecule has 0 saturated carbocycles. The number of ether oxygens (including phenoxy) is 2. The third-order valence-electron chi connectivity index (χ3n) is 7.04. The van der Waals surface area contributed by atoms with Crippen molar-refractivity contribution in [1.82, 2.24) is 24.4 Å². The SMILES string of the molecule is CCCCCCOc1ccc(-c2nc3s/c(=C\c4cn(-c5ccccc5)nc4-c4ccc(OC)c(Br)c4)c(=O)n3n2)cc1. The van der Waals surface area contributed by atoms with Gasteiger partial charge in [0.15, 0.2) is 5.82 Å². The number of benzene rings is 3. The molecule has 8 nitrogen and oxygen atoms in total. The minimum Gasteiger partial charge on any atom is -0.496 e. The molecule has 43 heavy (non-hydrogen) atoms. The lowest BCUT2D eigenvalue weighted by Crippen LogP contribution is -2.23. The van der Waals surface area contributed by atoms with Crippen LogP contribution in [0.1, 0.15) is 38.2 Å². The van der Waals surface area contributed by atoms with Crippen LogP contribution in [0, 0.1) is 0 Å². The predicted molar refractivity (Wildman–Crippen MR) is 174 cm³/mol. The normalized spacial score (nSPS) is 11.8. The standard InChI is InChI=1S/C33H30BrN5O3S/c1-3-4-5-9-18-42-26-15-12-22(13-16-26)31-35-33-39(37-31)32(40)29(43-33)20-24-21-38(25-10-7-6-8-11-25)36-30(24)23-14-17-28(41-2)27(34)19-23/h6-8,10-17,19-21H,3-5,9,18H2,1-2H3/b29-20-. The van der Waals surface area contributed by atoms with E-state index >= 15 is 0 Å². The van der Waals surface area contributed by atoms with Crippen molar-refractivity contribution in [2.45, 2.75) is 32.6 Å². The van der Waals surface area contributed by atoms with Crippen LogP contribution in [0.25, 0.3) is 39.4 Å². The second-order valence-electron chi connectivity index (χ2n) is 10.0. The summed E-state index contributed by atoms with van der Waals surface area (Å²) in [6.45, 7) is 2.90. The zero-order chi connectivity index (χ0) is 29.8. The van der Waals surface area contributed by atoms with E-state index in [1.54, 1.807) is 7.11 Å². The number of unbranched alkanes of at least 4 members (excludes halogenated alkanes) is 3. The van der Waals surface area contributed by atoms with Crippen molar-refractivity contribution in [2.75, 3.05) is 13.7 Å². The molecule has 0 unspecified atom stereocenters. The maximum absolute atomic E-state index is 13.5. The first-order chi connectivity index (χ1) is 21.0. The highest BCUT2D eigenvalue weighted by atomic mass is 79.9. The van der Waals surface area contributed by atoms with Crippen LogP contribution in [0.3, 0.4) is 0 Å². The molecule has 218 valence electrons. The molecule has 6 rings (SSSR count). The van der Waals surface area contributed by atoms with Crippen molar-refractivity contribution in [3.05, 3.63) is 104 Å².